The van der Waals surface area contributed by atoms with E-state index in [-0.39, 0.29) is 5.75 Å². The fourth-order valence-electron chi connectivity index (χ4n) is 3.68. The monoisotopic (exact) mass is 375 g/mol. The summed E-state index contributed by atoms with van der Waals surface area (Å²) in [5.74, 6) is 1.17. The number of phenolic OH excluding ortho intramolecular Hbond substituents is 1. The molecule has 0 bridgehead atoms. The fourth-order valence-corrected chi connectivity index (χ4v) is 3.68. The summed E-state index contributed by atoms with van der Waals surface area (Å²) in [5, 5.41) is 20.4. The van der Waals surface area contributed by atoms with Gasteiger partial charge in [-0.2, -0.15) is 0 Å². The van der Waals surface area contributed by atoms with E-state index in [0.717, 1.165) is 47.6 Å². The van der Waals surface area contributed by atoms with Gasteiger partial charge in [-0.15, -0.1) is 0 Å². The molecular formula is C24H25NO3. The number of aliphatic hydroxyl groups is 1. The quantitative estimate of drug-likeness (QED) is 0.706. The molecule has 3 aromatic carbocycles. The summed E-state index contributed by atoms with van der Waals surface area (Å²) < 4.78 is 5.92. The topological polar surface area (TPSA) is 52.9 Å². The first-order valence-electron chi connectivity index (χ1n) is 9.65. The van der Waals surface area contributed by atoms with E-state index in [4.69, 9.17) is 4.74 Å². The van der Waals surface area contributed by atoms with Crippen molar-refractivity contribution in [1.29, 1.82) is 0 Å². The molecule has 4 nitrogen and oxygen atoms in total. The Kier molecular flexibility index (Phi) is 5.60. The molecule has 3 aromatic rings. The Morgan fingerprint density at radius 1 is 0.929 bits per heavy atom. The molecule has 1 aliphatic rings. The van der Waals surface area contributed by atoms with E-state index < -0.39 is 6.10 Å². The highest BCUT2D eigenvalue weighted by Crippen LogP contribution is 2.29. The number of hydrogen-bond donors (Lipinski definition) is 2. The van der Waals surface area contributed by atoms with Crippen molar-refractivity contribution in [1.82, 2.24) is 4.90 Å². The highest BCUT2D eigenvalue weighted by molar-refractivity contribution is 5.39. The largest absolute Gasteiger partial charge is 0.508 e. The van der Waals surface area contributed by atoms with Gasteiger partial charge in [0.25, 0.3) is 0 Å². The van der Waals surface area contributed by atoms with Crippen molar-refractivity contribution < 1.29 is 14.9 Å². The van der Waals surface area contributed by atoms with Crippen LogP contribution in [0.2, 0.25) is 0 Å². The van der Waals surface area contributed by atoms with E-state index in [1.807, 2.05) is 54.6 Å². The average Bonchev–Trinajstić information content (AvgIpc) is 2.89. The van der Waals surface area contributed by atoms with Gasteiger partial charge >= 0.3 is 0 Å². The number of hydrogen-bond acceptors (Lipinski definition) is 4. The van der Waals surface area contributed by atoms with Crippen molar-refractivity contribution in [3.8, 4) is 11.5 Å². The number of aliphatic hydroxyl groups excluding tert-OH is 1. The Hall–Kier alpha value is -2.82. The summed E-state index contributed by atoms with van der Waals surface area (Å²) in [5.41, 5.74) is 4.18. The predicted octanol–water partition coefficient (Wildman–Crippen LogP) is 4.06. The third-order valence-corrected chi connectivity index (χ3v) is 5.12. The predicted molar refractivity (Wildman–Crippen MR) is 109 cm³/mol. The molecule has 0 saturated carbocycles. The molecule has 0 amide bonds. The summed E-state index contributed by atoms with van der Waals surface area (Å²) in [7, 11) is 0. The van der Waals surface area contributed by atoms with Gasteiger partial charge in [-0.25, -0.2) is 0 Å². The Morgan fingerprint density at radius 2 is 1.75 bits per heavy atom. The molecule has 0 fully saturated rings. The summed E-state index contributed by atoms with van der Waals surface area (Å²) in [6, 6.07) is 23.4. The molecule has 0 radical (unpaired) electrons. The molecule has 1 aliphatic heterocycles. The van der Waals surface area contributed by atoms with Crippen LogP contribution in [0.15, 0.2) is 72.8 Å². The highest BCUT2D eigenvalue weighted by Gasteiger charge is 2.18. The Balaban J connectivity index is 1.50. The molecule has 28 heavy (non-hydrogen) atoms. The molecular weight excluding hydrogens is 350 g/mol. The molecule has 0 saturated heterocycles. The first kappa shape index (κ1) is 18.5. The van der Waals surface area contributed by atoms with Crippen molar-refractivity contribution in [2.75, 3.05) is 13.2 Å². The van der Waals surface area contributed by atoms with Gasteiger partial charge in [-0.05, 0) is 41.0 Å². The summed E-state index contributed by atoms with van der Waals surface area (Å²) >= 11 is 0. The van der Waals surface area contributed by atoms with Crippen LogP contribution in [0.25, 0.3) is 0 Å². The van der Waals surface area contributed by atoms with E-state index in [2.05, 4.69) is 11.0 Å². The Labute approximate surface area is 165 Å². The lowest BCUT2D eigenvalue weighted by molar-refractivity contribution is 0.178. The molecule has 0 unspecified atom stereocenters. The molecule has 2 N–H and O–H groups in total. The van der Waals surface area contributed by atoms with Gasteiger partial charge in [0.15, 0.2) is 0 Å². The van der Waals surface area contributed by atoms with E-state index in [0.29, 0.717) is 13.0 Å². The molecule has 144 valence electrons. The van der Waals surface area contributed by atoms with Crippen LogP contribution >= 0.6 is 0 Å². The summed E-state index contributed by atoms with van der Waals surface area (Å²) in [6.07, 6.45) is 0.0449. The average molecular weight is 375 g/mol. The van der Waals surface area contributed by atoms with E-state index in [9.17, 15) is 10.2 Å². The maximum Gasteiger partial charge on any atom is 0.123 e. The minimum atomic E-state index is -0.546. The van der Waals surface area contributed by atoms with Crippen molar-refractivity contribution in [2.24, 2.45) is 0 Å². The van der Waals surface area contributed by atoms with Crippen molar-refractivity contribution in [3.05, 3.63) is 95.1 Å². The number of benzene rings is 3. The van der Waals surface area contributed by atoms with Crippen LogP contribution in [-0.2, 0) is 19.5 Å². The molecule has 1 atom stereocenters. The minimum Gasteiger partial charge on any atom is -0.508 e. The van der Waals surface area contributed by atoms with Crippen LogP contribution in [-0.4, -0.2) is 28.3 Å². The normalized spacial score (nSPS) is 15.3. The Morgan fingerprint density at radius 3 is 2.57 bits per heavy atom. The van der Waals surface area contributed by atoms with Crippen LogP contribution < -0.4 is 4.74 Å². The summed E-state index contributed by atoms with van der Waals surface area (Å²) in [6.45, 7) is 2.93. The fraction of sp³-hybridized carbons (Fsp3) is 0.250. The number of phenols is 1. The van der Waals surface area contributed by atoms with Crippen LogP contribution in [0.1, 0.15) is 28.4 Å². The highest BCUT2D eigenvalue weighted by atomic mass is 16.5. The van der Waals surface area contributed by atoms with Gasteiger partial charge < -0.3 is 14.9 Å². The zero-order valence-electron chi connectivity index (χ0n) is 15.8. The minimum absolute atomic E-state index is 0.287. The molecule has 4 rings (SSSR count). The number of ether oxygens (including phenoxy) is 1. The van der Waals surface area contributed by atoms with Crippen molar-refractivity contribution >= 4 is 0 Å². The molecule has 4 heteroatoms. The van der Waals surface area contributed by atoms with Gasteiger partial charge in [0.2, 0.25) is 0 Å². The molecule has 0 spiro atoms. The van der Waals surface area contributed by atoms with Gasteiger partial charge in [-0.3, -0.25) is 4.90 Å². The first-order chi connectivity index (χ1) is 13.7. The first-order valence-corrected chi connectivity index (χ1v) is 9.65. The zero-order valence-corrected chi connectivity index (χ0v) is 15.8. The maximum atomic E-state index is 10.7. The summed E-state index contributed by atoms with van der Waals surface area (Å²) in [4.78, 5) is 2.30. The van der Waals surface area contributed by atoms with Crippen molar-refractivity contribution in [2.45, 2.75) is 25.6 Å². The van der Waals surface area contributed by atoms with E-state index in [1.54, 1.807) is 12.1 Å². The maximum absolute atomic E-state index is 10.7. The molecule has 1 heterocycles. The third kappa shape index (κ3) is 4.53. The van der Waals surface area contributed by atoms with Gasteiger partial charge in [0, 0.05) is 31.6 Å². The van der Waals surface area contributed by atoms with Gasteiger partial charge in [0.1, 0.15) is 18.1 Å². The second kappa shape index (κ2) is 8.46. The smallest absolute Gasteiger partial charge is 0.123 e. The lowest BCUT2D eigenvalue weighted by Crippen LogP contribution is -2.25. The van der Waals surface area contributed by atoms with Gasteiger partial charge in [0.05, 0.1) is 6.10 Å². The number of nitrogens with zero attached hydrogens (tertiary/aromatic N) is 1. The number of aromatic hydroxyl groups is 1. The van der Waals surface area contributed by atoms with E-state index >= 15 is 0 Å². The number of rotatable bonds is 5. The SMILES string of the molecule is Oc1cccc(CN2CCOc3ccc([C@H](O)Cc4ccccc4)cc3C2)c1. The van der Waals surface area contributed by atoms with Crippen LogP contribution in [0, 0.1) is 0 Å². The molecule has 0 aliphatic carbocycles. The van der Waals surface area contributed by atoms with E-state index in [1.165, 1.54) is 0 Å². The number of fused-ring (bicyclic) bond motifs is 1. The zero-order chi connectivity index (χ0) is 19.3. The lowest BCUT2D eigenvalue weighted by Gasteiger charge is -2.20. The second-order valence-electron chi connectivity index (χ2n) is 7.30. The standard InChI is InChI=1S/C24H25NO3/c26-22-8-4-7-19(13-22)16-25-11-12-28-24-10-9-20(15-21(24)17-25)23(27)14-18-5-2-1-3-6-18/h1-10,13,15,23,26-27H,11-12,14,16-17H2/t23-/m1/s1. The lowest BCUT2D eigenvalue weighted by atomic mass is 9.99. The van der Waals surface area contributed by atoms with Crippen LogP contribution in [0.5, 0.6) is 11.5 Å². The van der Waals surface area contributed by atoms with Crippen LogP contribution in [0.3, 0.4) is 0 Å². The second-order valence-corrected chi connectivity index (χ2v) is 7.30. The molecule has 0 aromatic heterocycles. The Bertz CT molecular complexity index is 926. The van der Waals surface area contributed by atoms with Crippen LogP contribution in [0.4, 0.5) is 0 Å². The third-order valence-electron chi connectivity index (χ3n) is 5.12. The van der Waals surface area contributed by atoms with Gasteiger partial charge in [-0.1, -0.05) is 48.5 Å². The van der Waals surface area contributed by atoms with Crippen molar-refractivity contribution in [3.63, 3.8) is 0 Å².